The van der Waals surface area contributed by atoms with Crippen molar-refractivity contribution in [2.75, 3.05) is 19.7 Å². The van der Waals surface area contributed by atoms with Crippen molar-refractivity contribution < 1.29 is 9.90 Å². The highest BCUT2D eigenvalue weighted by molar-refractivity contribution is 14.1. The number of carbonyl (C=O) groups is 1. The van der Waals surface area contributed by atoms with Crippen LogP contribution in [0.3, 0.4) is 0 Å². The maximum absolute atomic E-state index is 13.1. The number of piperidine rings is 1. The molecule has 1 N–H and O–H groups in total. The largest absolute Gasteiger partial charge is 0.396 e. The molecule has 1 heterocycles. The van der Waals surface area contributed by atoms with Crippen LogP contribution in [0.2, 0.25) is 10.0 Å². The van der Waals surface area contributed by atoms with Crippen LogP contribution in [0.15, 0.2) is 42.5 Å². The van der Waals surface area contributed by atoms with Crippen LogP contribution in [-0.2, 0) is 5.41 Å². The molecule has 2 aromatic rings. The van der Waals surface area contributed by atoms with E-state index in [0.717, 1.165) is 34.9 Å². The third-order valence-electron chi connectivity index (χ3n) is 5.30. The average molecular weight is 518 g/mol. The van der Waals surface area contributed by atoms with Gasteiger partial charge in [-0.25, -0.2) is 0 Å². The number of hydrogen-bond donors (Lipinski definition) is 1. The zero-order valence-corrected chi connectivity index (χ0v) is 18.6. The van der Waals surface area contributed by atoms with E-state index in [1.54, 1.807) is 0 Å². The van der Waals surface area contributed by atoms with Gasteiger partial charge in [-0.3, -0.25) is 4.79 Å². The monoisotopic (exact) mass is 517 g/mol. The van der Waals surface area contributed by atoms with Gasteiger partial charge in [0.2, 0.25) is 0 Å². The molecule has 144 valence electrons. The second-order valence-electron chi connectivity index (χ2n) is 7.07. The van der Waals surface area contributed by atoms with E-state index in [-0.39, 0.29) is 17.9 Å². The maximum atomic E-state index is 13.1. The van der Waals surface area contributed by atoms with Crippen molar-refractivity contribution in [2.45, 2.75) is 31.1 Å². The Morgan fingerprint density at radius 1 is 1.15 bits per heavy atom. The van der Waals surface area contributed by atoms with Gasteiger partial charge in [-0.05, 0) is 90.2 Å². The molecular formula is C21H22Cl2INO2. The Morgan fingerprint density at radius 2 is 1.89 bits per heavy atom. The zero-order chi connectivity index (χ0) is 19.4. The first-order valence-corrected chi connectivity index (χ1v) is 10.9. The second kappa shape index (κ2) is 9.12. The van der Waals surface area contributed by atoms with Gasteiger partial charge in [0.1, 0.15) is 0 Å². The summed E-state index contributed by atoms with van der Waals surface area (Å²) in [5.41, 5.74) is 1.58. The standard InChI is InChI=1S/C21H22Cl2INO2/c22-18-8-5-16(13-19(18)23)21(10-2-12-26)9-1-11-25(14-21)20(27)15-3-6-17(24)7-4-15/h3-8,13,26H,1-2,9-12,14H2. The van der Waals surface area contributed by atoms with Crippen molar-refractivity contribution in [1.29, 1.82) is 0 Å². The number of aliphatic hydroxyl groups is 1. The molecule has 0 radical (unpaired) electrons. The number of amides is 1. The van der Waals surface area contributed by atoms with E-state index in [2.05, 4.69) is 22.6 Å². The minimum atomic E-state index is -0.214. The fraction of sp³-hybridized carbons (Fsp3) is 0.381. The number of carbonyl (C=O) groups excluding carboxylic acids is 1. The number of benzene rings is 2. The summed E-state index contributed by atoms with van der Waals surface area (Å²) in [5, 5.41) is 10.5. The third-order valence-corrected chi connectivity index (χ3v) is 6.76. The highest BCUT2D eigenvalue weighted by Gasteiger charge is 2.38. The summed E-state index contributed by atoms with van der Waals surface area (Å²) in [5.74, 6) is 0.0551. The quantitative estimate of drug-likeness (QED) is 0.528. The number of rotatable bonds is 5. The van der Waals surface area contributed by atoms with Crippen LogP contribution in [0.25, 0.3) is 0 Å². The Bertz CT molecular complexity index is 812. The minimum Gasteiger partial charge on any atom is -0.396 e. The van der Waals surface area contributed by atoms with Crippen molar-refractivity contribution >= 4 is 51.7 Å². The van der Waals surface area contributed by atoms with Crippen LogP contribution in [0.1, 0.15) is 41.6 Å². The van der Waals surface area contributed by atoms with Gasteiger partial charge in [0.15, 0.2) is 0 Å². The van der Waals surface area contributed by atoms with Gasteiger partial charge in [0.25, 0.3) is 5.91 Å². The Kier molecular flexibility index (Phi) is 7.06. The smallest absolute Gasteiger partial charge is 0.253 e. The lowest BCUT2D eigenvalue weighted by atomic mass is 9.71. The number of halogens is 3. The Labute approximate surface area is 183 Å². The summed E-state index contributed by atoms with van der Waals surface area (Å²) in [4.78, 5) is 15.0. The number of aliphatic hydroxyl groups excluding tert-OH is 1. The van der Waals surface area contributed by atoms with Crippen molar-refractivity contribution in [3.8, 4) is 0 Å². The highest BCUT2D eigenvalue weighted by atomic mass is 127. The molecule has 0 saturated carbocycles. The maximum Gasteiger partial charge on any atom is 0.253 e. The molecule has 6 heteroatoms. The molecule has 0 bridgehead atoms. The predicted molar refractivity (Wildman–Crippen MR) is 119 cm³/mol. The SMILES string of the molecule is O=C(c1ccc(I)cc1)N1CCCC(CCCO)(c2ccc(Cl)c(Cl)c2)C1. The highest BCUT2D eigenvalue weighted by Crippen LogP contribution is 2.40. The van der Waals surface area contributed by atoms with Gasteiger partial charge in [-0.2, -0.15) is 0 Å². The van der Waals surface area contributed by atoms with Crippen LogP contribution in [0.5, 0.6) is 0 Å². The molecule has 2 aromatic carbocycles. The fourth-order valence-electron chi connectivity index (χ4n) is 3.91. The van der Waals surface area contributed by atoms with Crippen LogP contribution in [0.4, 0.5) is 0 Å². The fourth-order valence-corrected chi connectivity index (χ4v) is 4.57. The van der Waals surface area contributed by atoms with Crippen LogP contribution in [-0.4, -0.2) is 35.6 Å². The Balaban J connectivity index is 1.90. The molecule has 1 atom stereocenters. The number of nitrogens with zero attached hydrogens (tertiary/aromatic N) is 1. The van der Waals surface area contributed by atoms with Gasteiger partial charge in [0.05, 0.1) is 10.0 Å². The van der Waals surface area contributed by atoms with Gasteiger partial charge >= 0.3 is 0 Å². The summed E-state index contributed by atoms with van der Waals surface area (Å²) in [6.45, 7) is 1.50. The van der Waals surface area contributed by atoms with Gasteiger partial charge in [-0.1, -0.05) is 29.3 Å². The van der Waals surface area contributed by atoms with Gasteiger partial charge in [-0.15, -0.1) is 0 Å². The van der Waals surface area contributed by atoms with Gasteiger partial charge in [0, 0.05) is 34.2 Å². The molecule has 0 aliphatic carbocycles. The predicted octanol–water partition coefficient (Wildman–Crippen LogP) is 5.54. The normalized spacial score (nSPS) is 19.9. The lowest BCUT2D eigenvalue weighted by Gasteiger charge is -2.43. The summed E-state index contributed by atoms with van der Waals surface area (Å²) in [7, 11) is 0. The van der Waals surface area contributed by atoms with Crippen LogP contribution < -0.4 is 0 Å². The number of likely N-dealkylation sites (tertiary alicyclic amines) is 1. The first-order valence-electron chi connectivity index (χ1n) is 9.06. The molecular weight excluding hydrogens is 496 g/mol. The minimum absolute atomic E-state index is 0.0551. The first-order chi connectivity index (χ1) is 12.9. The molecule has 0 aromatic heterocycles. The van der Waals surface area contributed by atoms with Crippen LogP contribution in [0, 0.1) is 3.57 Å². The molecule has 1 aliphatic heterocycles. The molecule has 27 heavy (non-hydrogen) atoms. The summed E-state index contributed by atoms with van der Waals surface area (Å²) >= 11 is 14.6. The molecule has 3 rings (SSSR count). The zero-order valence-electron chi connectivity index (χ0n) is 14.9. The van der Waals surface area contributed by atoms with E-state index in [9.17, 15) is 9.90 Å². The third kappa shape index (κ3) is 4.78. The van der Waals surface area contributed by atoms with Crippen molar-refractivity contribution in [1.82, 2.24) is 4.90 Å². The topological polar surface area (TPSA) is 40.5 Å². The summed E-state index contributed by atoms with van der Waals surface area (Å²) in [6, 6.07) is 13.4. The van der Waals surface area contributed by atoms with E-state index in [1.807, 2.05) is 47.4 Å². The average Bonchev–Trinajstić information content (AvgIpc) is 2.68. The van der Waals surface area contributed by atoms with Crippen molar-refractivity contribution in [2.24, 2.45) is 0 Å². The molecule has 1 amide bonds. The van der Waals surface area contributed by atoms with E-state index in [0.29, 0.717) is 28.6 Å². The lowest BCUT2D eigenvalue weighted by Crippen LogP contribution is -2.48. The van der Waals surface area contributed by atoms with E-state index in [1.165, 1.54) is 0 Å². The lowest BCUT2D eigenvalue weighted by molar-refractivity contribution is 0.0618. The van der Waals surface area contributed by atoms with Crippen LogP contribution >= 0.6 is 45.8 Å². The first kappa shape index (κ1) is 20.9. The molecule has 0 spiro atoms. The second-order valence-corrected chi connectivity index (χ2v) is 9.13. The summed E-state index contributed by atoms with van der Waals surface area (Å²) < 4.78 is 1.11. The van der Waals surface area contributed by atoms with Crippen molar-refractivity contribution in [3.63, 3.8) is 0 Å². The number of hydrogen-bond acceptors (Lipinski definition) is 2. The van der Waals surface area contributed by atoms with E-state index in [4.69, 9.17) is 23.2 Å². The summed E-state index contributed by atoms with van der Waals surface area (Å²) in [6.07, 6.45) is 3.37. The van der Waals surface area contributed by atoms with E-state index >= 15 is 0 Å². The van der Waals surface area contributed by atoms with Gasteiger partial charge < -0.3 is 10.0 Å². The Morgan fingerprint density at radius 3 is 2.56 bits per heavy atom. The molecule has 1 unspecified atom stereocenters. The molecule has 3 nitrogen and oxygen atoms in total. The molecule has 1 saturated heterocycles. The molecule has 1 aliphatic rings. The Hall–Kier alpha value is -0.820. The van der Waals surface area contributed by atoms with Crippen molar-refractivity contribution in [3.05, 3.63) is 67.2 Å². The molecule has 1 fully saturated rings. The van der Waals surface area contributed by atoms with E-state index < -0.39 is 0 Å².